The molecule has 29 heavy (non-hydrogen) atoms. The van der Waals surface area contributed by atoms with Gasteiger partial charge in [-0.05, 0) is 50.8 Å². The van der Waals surface area contributed by atoms with Crippen molar-refractivity contribution in [2.24, 2.45) is 5.92 Å². The minimum atomic E-state index is -0.0907. The third-order valence-corrected chi connectivity index (χ3v) is 5.80. The number of nitrogens with zero attached hydrogens (tertiary/aromatic N) is 5. The van der Waals surface area contributed by atoms with E-state index in [1.807, 2.05) is 30.0 Å². The van der Waals surface area contributed by atoms with Gasteiger partial charge in [0, 0.05) is 38.3 Å². The molecule has 0 atom stereocenters. The Balaban J connectivity index is 1.31. The van der Waals surface area contributed by atoms with Crippen molar-refractivity contribution in [1.29, 1.82) is 0 Å². The maximum Gasteiger partial charge on any atom is 0.261 e. The van der Waals surface area contributed by atoms with Crippen LogP contribution >= 0.6 is 0 Å². The Morgan fingerprint density at radius 2 is 1.93 bits per heavy atom. The van der Waals surface area contributed by atoms with Crippen LogP contribution in [0.15, 0.2) is 41.5 Å². The molecule has 3 aromatic rings. The minimum Gasteiger partial charge on any atom is -0.343 e. The van der Waals surface area contributed by atoms with Crippen LogP contribution in [0, 0.1) is 19.8 Å². The Morgan fingerprint density at radius 3 is 2.66 bits per heavy atom. The molecule has 2 aromatic heterocycles. The second-order valence-corrected chi connectivity index (χ2v) is 7.94. The Morgan fingerprint density at radius 1 is 1.17 bits per heavy atom. The monoisotopic (exact) mass is 393 g/mol. The summed E-state index contributed by atoms with van der Waals surface area (Å²) in [4.78, 5) is 31.4. The number of aromatic nitrogens is 4. The lowest BCUT2D eigenvalue weighted by molar-refractivity contribution is -0.132. The summed E-state index contributed by atoms with van der Waals surface area (Å²) in [6, 6.07) is 9.39. The van der Waals surface area contributed by atoms with E-state index < -0.39 is 0 Å². The highest BCUT2D eigenvalue weighted by molar-refractivity contribution is 5.77. The molecule has 1 amide bonds. The van der Waals surface area contributed by atoms with Crippen LogP contribution in [0.3, 0.4) is 0 Å². The highest BCUT2D eigenvalue weighted by Gasteiger charge is 2.23. The van der Waals surface area contributed by atoms with Gasteiger partial charge in [-0.1, -0.05) is 12.1 Å². The van der Waals surface area contributed by atoms with E-state index >= 15 is 0 Å². The zero-order valence-electron chi connectivity index (χ0n) is 17.0. The van der Waals surface area contributed by atoms with Crippen LogP contribution in [0.5, 0.6) is 0 Å². The number of piperidine rings is 1. The number of likely N-dealkylation sites (tertiary alicyclic amines) is 1. The van der Waals surface area contributed by atoms with Crippen molar-refractivity contribution in [3.05, 3.63) is 58.4 Å². The van der Waals surface area contributed by atoms with Gasteiger partial charge in [0.2, 0.25) is 5.91 Å². The van der Waals surface area contributed by atoms with Crippen LogP contribution < -0.4 is 5.56 Å². The highest BCUT2D eigenvalue weighted by atomic mass is 16.2. The summed E-state index contributed by atoms with van der Waals surface area (Å²) in [7, 11) is 0. The summed E-state index contributed by atoms with van der Waals surface area (Å²) < 4.78 is 3.62. The molecular formula is C22H27N5O2. The topological polar surface area (TPSA) is 73.0 Å². The third-order valence-electron chi connectivity index (χ3n) is 5.80. The first-order valence-electron chi connectivity index (χ1n) is 10.2. The fourth-order valence-corrected chi connectivity index (χ4v) is 4.11. The van der Waals surface area contributed by atoms with E-state index in [2.05, 4.69) is 27.8 Å². The number of amides is 1. The van der Waals surface area contributed by atoms with Gasteiger partial charge in [-0.25, -0.2) is 4.98 Å². The lowest BCUT2D eigenvalue weighted by atomic mass is 9.96. The predicted octanol–water partition coefficient (Wildman–Crippen LogP) is 2.54. The van der Waals surface area contributed by atoms with Gasteiger partial charge >= 0.3 is 0 Å². The van der Waals surface area contributed by atoms with Gasteiger partial charge in [-0.3, -0.25) is 18.8 Å². The van der Waals surface area contributed by atoms with E-state index in [4.69, 9.17) is 0 Å². The van der Waals surface area contributed by atoms with Gasteiger partial charge in [0.15, 0.2) is 0 Å². The van der Waals surface area contributed by atoms with Crippen molar-refractivity contribution in [3.63, 3.8) is 0 Å². The van der Waals surface area contributed by atoms with Crippen LogP contribution in [0.2, 0.25) is 0 Å². The minimum absolute atomic E-state index is 0.0907. The first kappa shape index (κ1) is 19.4. The maximum absolute atomic E-state index is 12.6. The number of rotatable bonds is 5. The van der Waals surface area contributed by atoms with Crippen LogP contribution in [0.1, 0.15) is 30.7 Å². The summed E-state index contributed by atoms with van der Waals surface area (Å²) in [5.74, 6) is 0.652. The molecule has 1 saturated heterocycles. The molecule has 4 rings (SSSR count). The van der Waals surface area contributed by atoms with E-state index in [1.165, 1.54) is 10.3 Å². The van der Waals surface area contributed by atoms with Crippen molar-refractivity contribution in [2.75, 3.05) is 13.1 Å². The summed E-state index contributed by atoms with van der Waals surface area (Å²) in [5.41, 5.74) is 2.83. The Labute approximate surface area is 170 Å². The Kier molecular flexibility index (Phi) is 5.47. The summed E-state index contributed by atoms with van der Waals surface area (Å²) in [5, 5.41) is 5.14. The van der Waals surface area contributed by atoms with E-state index in [1.54, 1.807) is 12.4 Å². The second-order valence-electron chi connectivity index (χ2n) is 7.94. The molecular weight excluding hydrogens is 366 g/mol. The van der Waals surface area contributed by atoms with Crippen LogP contribution in [-0.2, 0) is 17.9 Å². The van der Waals surface area contributed by atoms with Crippen LogP contribution in [-0.4, -0.2) is 43.2 Å². The molecule has 0 aliphatic carbocycles. The standard InChI is InChI=1S/C22H27N5O2/c1-16-13-17(2)27(24-16)14-18-7-10-25(11-8-18)21(28)9-12-26-15-23-20-6-4-3-5-19(20)22(26)29/h3-6,13,15,18H,7-12,14H2,1-2H3. The molecule has 0 radical (unpaired) electrons. The molecule has 1 aliphatic rings. The number of carbonyl (C=O) groups is 1. The van der Waals surface area contributed by atoms with Gasteiger partial charge in [-0.15, -0.1) is 0 Å². The normalized spacial score (nSPS) is 15.2. The Hall–Kier alpha value is -2.96. The van der Waals surface area contributed by atoms with Crippen LogP contribution in [0.4, 0.5) is 0 Å². The van der Waals surface area contributed by atoms with E-state index in [9.17, 15) is 9.59 Å². The predicted molar refractivity (Wildman–Crippen MR) is 112 cm³/mol. The smallest absolute Gasteiger partial charge is 0.261 e. The van der Waals surface area contributed by atoms with Crippen molar-refractivity contribution in [2.45, 2.75) is 46.2 Å². The second kappa shape index (κ2) is 8.19. The van der Waals surface area contributed by atoms with Gasteiger partial charge in [-0.2, -0.15) is 5.10 Å². The summed E-state index contributed by atoms with van der Waals surface area (Å²) in [6.45, 7) is 6.92. The number of carbonyl (C=O) groups excluding carboxylic acids is 1. The average Bonchev–Trinajstić information content (AvgIpc) is 3.04. The molecule has 1 fully saturated rings. The zero-order valence-corrected chi connectivity index (χ0v) is 17.0. The van der Waals surface area contributed by atoms with Gasteiger partial charge in [0.1, 0.15) is 0 Å². The lowest BCUT2D eigenvalue weighted by Gasteiger charge is -2.32. The number of para-hydroxylation sites is 1. The van der Waals surface area contributed by atoms with Crippen molar-refractivity contribution in [3.8, 4) is 0 Å². The molecule has 152 valence electrons. The van der Waals surface area contributed by atoms with Gasteiger partial charge in [0.25, 0.3) is 5.56 Å². The fourth-order valence-electron chi connectivity index (χ4n) is 4.11. The average molecular weight is 393 g/mol. The quantitative estimate of drug-likeness (QED) is 0.668. The molecule has 0 spiro atoms. The molecule has 1 aliphatic heterocycles. The largest absolute Gasteiger partial charge is 0.343 e. The number of benzene rings is 1. The first-order chi connectivity index (χ1) is 14.0. The van der Waals surface area contributed by atoms with Gasteiger partial charge in [0.05, 0.1) is 22.9 Å². The van der Waals surface area contributed by atoms with Crippen LogP contribution in [0.25, 0.3) is 10.9 Å². The SMILES string of the molecule is Cc1cc(C)n(CC2CCN(C(=O)CCn3cnc4ccccc4c3=O)CC2)n1. The highest BCUT2D eigenvalue weighted by Crippen LogP contribution is 2.20. The molecule has 7 nitrogen and oxygen atoms in total. The summed E-state index contributed by atoms with van der Waals surface area (Å²) in [6.07, 6.45) is 3.84. The first-order valence-corrected chi connectivity index (χ1v) is 10.2. The lowest BCUT2D eigenvalue weighted by Crippen LogP contribution is -2.40. The van der Waals surface area contributed by atoms with Crippen molar-refractivity contribution >= 4 is 16.8 Å². The molecule has 1 aromatic carbocycles. The van der Waals surface area contributed by atoms with Gasteiger partial charge < -0.3 is 4.90 Å². The zero-order chi connectivity index (χ0) is 20.4. The summed E-state index contributed by atoms with van der Waals surface area (Å²) >= 11 is 0. The Bertz CT molecular complexity index is 1080. The maximum atomic E-state index is 12.6. The van der Waals surface area contributed by atoms with Crippen molar-refractivity contribution < 1.29 is 4.79 Å². The van der Waals surface area contributed by atoms with E-state index in [0.29, 0.717) is 29.8 Å². The molecule has 0 N–H and O–H groups in total. The number of hydrogen-bond donors (Lipinski definition) is 0. The molecule has 7 heteroatoms. The number of hydrogen-bond acceptors (Lipinski definition) is 4. The molecule has 0 unspecified atom stereocenters. The number of aryl methyl sites for hydroxylation is 3. The van der Waals surface area contributed by atoms with E-state index in [-0.39, 0.29) is 11.5 Å². The molecule has 0 bridgehead atoms. The third kappa shape index (κ3) is 4.23. The molecule has 3 heterocycles. The van der Waals surface area contributed by atoms with E-state index in [0.717, 1.165) is 38.2 Å². The number of fused-ring (bicyclic) bond motifs is 1. The fraction of sp³-hybridized carbons (Fsp3) is 0.455. The molecule has 0 saturated carbocycles. The van der Waals surface area contributed by atoms with Crippen molar-refractivity contribution in [1.82, 2.24) is 24.2 Å².